The Morgan fingerprint density at radius 2 is 2.00 bits per heavy atom. The van der Waals surface area contributed by atoms with E-state index in [-0.39, 0.29) is 35.1 Å². The third-order valence-electron chi connectivity index (χ3n) is 4.72. The van der Waals surface area contributed by atoms with Crippen LogP contribution >= 0.6 is 11.6 Å². The first-order chi connectivity index (χ1) is 15.2. The normalized spacial score (nSPS) is 15.5. The summed E-state index contributed by atoms with van der Waals surface area (Å²) in [5, 5.41) is 5.79. The van der Waals surface area contributed by atoms with Gasteiger partial charge in [-0.1, -0.05) is 23.7 Å². The van der Waals surface area contributed by atoms with Crippen LogP contribution in [0.4, 0.5) is 11.4 Å². The van der Waals surface area contributed by atoms with Crippen molar-refractivity contribution in [3.05, 3.63) is 53.1 Å². The highest BCUT2D eigenvalue weighted by molar-refractivity contribution is 7.92. The summed E-state index contributed by atoms with van der Waals surface area (Å²) < 4.78 is 36.4. The molecule has 0 unspecified atom stereocenters. The monoisotopic (exact) mass is 481 g/mol. The number of nitrogens with zero attached hydrogens (tertiary/aromatic N) is 1. The predicted molar refractivity (Wildman–Crippen MR) is 122 cm³/mol. The lowest BCUT2D eigenvalue weighted by Crippen LogP contribution is -2.48. The zero-order valence-electron chi connectivity index (χ0n) is 17.6. The van der Waals surface area contributed by atoms with Crippen molar-refractivity contribution in [1.29, 1.82) is 0 Å². The number of anilines is 2. The van der Waals surface area contributed by atoms with Gasteiger partial charge in [0.25, 0.3) is 11.8 Å². The van der Waals surface area contributed by atoms with Crippen LogP contribution in [0.25, 0.3) is 0 Å². The van der Waals surface area contributed by atoms with E-state index in [1.54, 1.807) is 37.4 Å². The van der Waals surface area contributed by atoms with Gasteiger partial charge in [-0.25, -0.2) is 8.42 Å². The SMILES string of the molecule is COCCCNC(=O)c1ccccc1NC(=O)[C@@H]1CN(S(C)(=O)=O)c2cc(Cl)ccc2O1. The van der Waals surface area contributed by atoms with E-state index in [4.69, 9.17) is 21.1 Å². The number of methoxy groups -OCH3 is 1. The lowest BCUT2D eigenvalue weighted by atomic mass is 10.1. The molecule has 0 aromatic heterocycles. The summed E-state index contributed by atoms with van der Waals surface area (Å²) in [6.07, 6.45) is 0.565. The van der Waals surface area contributed by atoms with Crippen molar-refractivity contribution < 1.29 is 27.5 Å². The smallest absolute Gasteiger partial charge is 0.267 e. The minimum atomic E-state index is -3.69. The van der Waals surface area contributed by atoms with E-state index >= 15 is 0 Å². The molecule has 1 aliphatic rings. The Morgan fingerprint density at radius 3 is 2.72 bits per heavy atom. The van der Waals surface area contributed by atoms with Gasteiger partial charge in [-0.3, -0.25) is 13.9 Å². The lowest BCUT2D eigenvalue weighted by Gasteiger charge is -2.34. The number of carbonyl (C=O) groups excluding carboxylic acids is 2. The molecular formula is C21H24ClN3O6S. The quantitative estimate of drug-likeness (QED) is 0.559. The highest BCUT2D eigenvalue weighted by Crippen LogP contribution is 2.37. The topological polar surface area (TPSA) is 114 Å². The fraction of sp³-hybridized carbons (Fsp3) is 0.333. The van der Waals surface area contributed by atoms with E-state index in [1.807, 2.05) is 0 Å². The second-order valence-corrected chi connectivity index (χ2v) is 9.49. The van der Waals surface area contributed by atoms with Crippen LogP contribution < -0.4 is 19.7 Å². The maximum atomic E-state index is 13.0. The Morgan fingerprint density at radius 1 is 1.25 bits per heavy atom. The third kappa shape index (κ3) is 5.70. The van der Waals surface area contributed by atoms with Crippen molar-refractivity contribution in [2.24, 2.45) is 0 Å². The van der Waals surface area contributed by atoms with E-state index in [9.17, 15) is 18.0 Å². The highest BCUT2D eigenvalue weighted by atomic mass is 35.5. The van der Waals surface area contributed by atoms with Gasteiger partial charge < -0.3 is 20.1 Å². The summed E-state index contributed by atoms with van der Waals surface area (Å²) in [5.74, 6) is -0.714. The zero-order chi connectivity index (χ0) is 23.3. The summed E-state index contributed by atoms with van der Waals surface area (Å²) in [6.45, 7) is 0.702. The molecule has 0 bridgehead atoms. The number of sulfonamides is 1. The van der Waals surface area contributed by atoms with Gasteiger partial charge in [-0.15, -0.1) is 0 Å². The van der Waals surface area contributed by atoms with Gasteiger partial charge >= 0.3 is 0 Å². The van der Waals surface area contributed by atoms with Crippen molar-refractivity contribution in [2.45, 2.75) is 12.5 Å². The molecule has 0 spiro atoms. The van der Waals surface area contributed by atoms with E-state index in [1.165, 1.54) is 12.1 Å². The number of benzene rings is 2. The lowest BCUT2D eigenvalue weighted by molar-refractivity contribution is -0.122. The molecule has 1 aliphatic heterocycles. The number of halogens is 1. The molecule has 0 aliphatic carbocycles. The number of carbonyl (C=O) groups is 2. The minimum absolute atomic E-state index is 0.218. The molecule has 0 fully saturated rings. The van der Waals surface area contributed by atoms with E-state index in [0.717, 1.165) is 10.6 Å². The van der Waals surface area contributed by atoms with Crippen LogP contribution in [0.3, 0.4) is 0 Å². The van der Waals surface area contributed by atoms with Crippen molar-refractivity contribution in [3.63, 3.8) is 0 Å². The molecule has 1 atom stereocenters. The molecule has 2 aromatic rings. The largest absolute Gasteiger partial charge is 0.476 e. The van der Waals surface area contributed by atoms with Gasteiger partial charge in [0, 0.05) is 25.3 Å². The molecule has 9 nitrogen and oxygen atoms in total. The summed E-state index contributed by atoms with van der Waals surface area (Å²) in [7, 11) is -2.11. The summed E-state index contributed by atoms with van der Waals surface area (Å²) >= 11 is 6.00. The fourth-order valence-corrected chi connectivity index (χ4v) is 4.26. The number of fused-ring (bicyclic) bond motifs is 1. The number of ether oxygens (including phenoxy) is 2. The van der Waals surface area contributed by atoms with Crippen LogP contribution in [-0.4, -0.2) is 59.4 Å². The maximum Gasteiger partial charge on any atom is 0.267 e. The number of hydrogen-bond acceptors (Lipinski definition) is 6. The van der Waals surface area contributed by atoms with Crippen molar-refractivity contribution in [1.82, 2.24) is 5.32 Å². The van der Waals surface area contributed by atoms with Gasteiger partial charge in [0.15, 0.2) is 6.10 Å². The summed E-state index contributed by atoms with van der Waals surface area (Å²) in [4.78, 5) is 25.5. The van der Waals surface area contributed by atoms with Crippen LogP contribution in [0.5, 0.6) is 5.75 Å². The van der Waals surface area contributed by atoms with Gasteiger partial charge in [-0.2, -0.15) is 0 Å². The van der Waals surface area contributed by atoms with Gasteiger partial charge in [0.2, 0.25) is 10.0 Å². The molecule has 0 radical (unpaired) electrons. The molecule has 32 heavy (non-hydrogen) atoms. The Kier molecular flexibility index (Phi) is 7.60. The van der Waals surface area contributed by atoms with Crippen molar-refractivity contribution in [3.8, 4) is 5.75 Å². The Hall–Kier alpha value is -2.82. The predicted octanol–water partition coefficient (Wildman–Crippen LogP) is 2.27. The van der Waals surface area contributed by atoms with Crippen LogP contribution in [0.15, 0.2) is 42.5 Å². The highest BCUT2D eigenvalue weighted by Gasteiger charge is 2.35. The molecule has 11 heteroatoms. The second kappa shape index (κ2) is 10.2. The van der Waals surface area contributed by atoms with Crippen LogP contribution in [0, 0.1) is 0 Å². The van der Waals surface area contributed by atoms with Crippen molar-refractivity contribution >= 4 is 44.8 Å². The van der Waals surface area contributed by atoms with Crippen LogP contribution in [0.1, 0.15) is 16.8 Å². The molecule has 2 N–H and O–H groups in total. The molecule has 172 valence electrons. The van der Waals surface area contributed by atoms with Gasteiger partial charge in [0.1, 0.15) is 5.75 Å². The first-order valence-electron chi connectivity index (χ1n) is 9.81. The second-order valence-electron chi connectivity index (χ2n) is 7.15. The number of hydrogen-bond donors (Lipinski definition) is 2. The minimum Gasteiger partial charge on any atom is -0.476 e. The zero-order valence-corrected chi connectivity index (χ0v) is 19.2. The standard InChI is InChI=1S/C21H24ClN3O6S/c1-30-11-5-10-23-20(26)15-6-3-4-7-16(15)24-21(27)19-13-25(32(2,28)29)17-12-14(22)8-9-18(17)31-19/h3-4,6-9,12,19H,5,10-11,13H2,1-2H3,(H,23,26)(H,24,27)/t19-/m0/s1. The first-order valence-corrected chi connectivity index (χ1v) is 12.0. The van der Waals surface area contributed by atoms with Crippen LogP contribution in [-0.2, 0) is 19.6 Å². The van der Waals surface area contributed by atoms with E-state index in [2.05, 4.69) is 10.6 Å². The Balaban J connectivity index is 1.78. The molecule has 0 saturated heterocycles. The molecule has 2 amide bonds. The molecular weight excluding hydrogens is 458 g/mol. The fourth-order valence-electron chi connectivity index (χ4n) is 3.19. The molecule has 3 rings (SSSR count). The molecule has 2 aromatic carbocycles. The van der Waals surface area contributed by atoms with Crippen LogP contribution in [0.2, 0.25) is 5.02 Å². The van der Waals surface area contributed by atoms with E-state index < -0.39 is 22.0 Å². The average Bonchev–Trinajstić information content (AvgIpc) is 2.75. The van der Waals surface area contributed by atoms with E-state index in [0.29, 0.717) is 24.6 Å². The third-order valence-corrected chi connectivity index (χ3v) is 6.11. The number of amides is 2. The number of nitrogens with one attached hydrogen (secondary N) is 2. The average molecular weight is 482 g/mol. The van der Waals surface area contributed by atoms with Gasteiger partial charge in [-0.05, 0) is 36.8 Å². The number of para-hydroxylation sites is 1. The van der Waals surface area contributed by atoms with Gasteiger partial charge in [0.05, 0.1) is 29.7 Å². The first kappa shape index (κ1) is 23.8. The molecule has 0 saturated carbocycles. The number of rotatable bonds is 8. The summed E-state index contributed by atoms with van der Waals surface area (Å²) in [5.41, 5.74) is 0.833. The van der Waals surface area contributed by atoms with Crippen molar-refractivity contribution in [2.75, 3.05) is 42.7 Å². The Labute approximate surface area is 191 Å². The Bertz CT molecular complexity index is 1110. The maximum absolute atomic E-state index is 13.0. The summed E-state index contributed by atoms with van der Waals surface area (Å²) in [6, 6.07) is 11.1. The molecule has 1 heterocycles.